The van der Waals surface area contributed by atoms with E-state index in [-0.39, 0.29) is 24.2 Å². The second-order valence-corrected chi connectivity index (χ2v) is 7.03. The molecule has 1 heterocycles. The van der Waals surface area contributed by atoms with E-state index in [1.165, 1.54) is 18.2 Å². The van der Waals surface area contributed by atoms with Crippen molar-refractivity contribution in [3.05, 3.63) is 77.0 Å². The molecule has 1 aromatic heterocycles. The van der Waals surface area contributed by atoms with Crippen molar-refractivity contribution in [3.63, 3.8) is 0 Å². The number of carbonyl (C=O) groups excluding carboxylic acids is 1. The van der Waals surface area contributed by atoms with Crippen LogP contribution in [0.2, 0.25) is 0 Å². The summed E-state index contributed by atoms with van der Waals surface area (Å²) in [7, 11) is 0. The van der Waals surface area contributed by atoms with Crippen molar-refractivity contribution in [2.24, 2.45) is 0 Å². The lowest BCUT2D eigenvalue weighted by Gasteiger charge is -2.12. The minimum Gasteiger partial charge on any atom is -0.361 e. The van der Waals surface area contributed by atoms with Gasteiger partial charge in [-0.1, -0.05) is 61.0 Å². The first kappa shape index (κ1) is 20.8. The van der Waals surface area contributed by atoms with E-state index in [1.54, 1.807) is 12.1 Å². The molecule has 0 unspecified atom stereocenters. The highest BCUT2D eigenvalue weighted by molar-refractivity contribution is 5.83. The Labute approximate surface area is 167 Å². The Morgan fingerprint density at radius 3 is 2.45 bits per heavy atom. The van der Waals surface area contributed by atoms with Crippen molar-refractivity contribution in [1.29, 1.82) is 0 Å². The van der Waals surface area contributed by atoms with Crippen LogP contribution in [0, 0.1) is 0 Å². The summed E-state index contributed by atoms with van der Waals surface area (Å²) in [5, 5.41) is 4.07. The molecular formula is C23H22F3NO2. The summed E-state index contributed by atoms with van der Waals surface area (Å²) in [5.74, 6) is 0.571. The molecular weight excluding hydrogens is 379 g/mol. The van der Waals surface area contributed by atoms with Crippen LogP contribution in [0.5, 0.6) is 0 Å². The van der Waals surface area contributed by atoms with Gasteiger partial charge in [-0.3, -0.25) is 4.79 Å². The van der Waals surface area contributed by atoms with E-state index >= 15 is 0 Å². The smallest absolute Gasteiger partial charge is 0.361 e. The number of benzene rings is 2. The maximum absolute atomic E-state index is 13.1. The van der Waals surface area contributed by atoms with Crippen LogP contribution in [0.3, 0.4) is 0 Å². The molecule has 0 amide bonds. The number of hydrogen-bond donors (Lipinski definition) is 0. The van der Waals surface area contributed by atoms with E-state index < -0.39 is 11.7 Å². The average Bonchev–Trinajstić information content (AvgIpc) is 3.15. The third kappa shape index (κ3) is 5.56. The van der Waals surface area contributed by atoms with E-state index in [1.807, 2.05) is 18.2 Å². The number of rotatable bonds is 8. The monoisotopic (exact) mass is 401 g/mol. The minimum absolute atomic E-state index is 0.00354. The standard InChI is InChI=1S/C23H22F3NO2/c1-2-3-7-20-15-22(27-29-20)17-11-9-16(10-12-17)13-19(28)14-18-6-4-5-8-21(18)23(24,25)26/h4-6,8-12,15H,2-3,7,13-14H2,1H3. The molecule has 0 bridgehead atoms. The highest BCUT2D eigenvalue weighted by Crippen LogP contribution is 2.32. The highest BCUT2D eigenvalue weighted by Gasteiger charge is 2.33. The minimum atomic E-state index is -4.47. The van der Waals surface area contributed by atoms with Crippen molar-refractivity contribution in [1.82, 2.24) is 5.16 Å². The largest absolute Gasteiger partial charge is 0.416 e. The lowest BCUT2D eigenvalue weighted by Crippen LogP contribution is -2.13. The Morgan fingerprint density at radius 2 is 1.76 bits per heavy atom. The van der Waals surface area contributed by atoms with Crippen LogP contribution >= 0.6 is 0 Å². The number of aryl methyl sites for hydroxylation is 1. The molecule has 0 saturated heterocycles. The molecule has 0 aliphatic heterocycles. The SMILES string of the molecule is CCCCc1cc(-c2ccc(CC(=O)Cc3ccccc3C(F)(F)F)cc2)no1. The van der Waals surface area contributed by atoms with Crippen molar-refractivity contribution in [3.8, 4) is 11.3 Å². The molecule has 3 rings (SSSR count). The van der Waals surface area contributed by atoms with Crippen LogP contribution in [0.15, 0.2) is 59.1 Å². The second kappa shape index (κ2) is 9.07. The summed E-state index contributed by atoms with van der Waals surface area (Å²) < 4.78 is 44.6. The Morgan fingerprint density at radius 1 is 1.03 bits per heavy atom. The first-order valence-electron chi connectivity index (χ1n) is 9.58. The lowest BCUT2D eigenvalue weighted by molar-refractivity contribution is -0.138. The lowest BCUT2D eigenvalue weighted by atomic mass is 9.98. The number of Topliss-reactive ketones (excluding diaryl/α,β-unsaturated/α-hetero) is 1. The zero-order valence-corrected chi connectivity index (χ0v) is 16.1. The van der Waals surface area contributed by atoms with Gasteiger partial charge in [-0.05, 0) is 23.6 Å². The summed E-state index contributed by atoms with van der Waals surface area (Å²) >= 11 is 0. The molecule has 0 aliphatic rings. The van der Waals surface area contributed by atoms with Crippen molar-refractivity contribution in [2.45, 2.75) is 45.2 Å². The summed E-state index contributed by atoms with van der Waals surface area (Å²) in [6.07, 6.45) is -1.69. The first-order valence-corrected chi connectivity index (χ1v) is 9.58. The van der Waals surface area contributed by atoms with Crippen LogP contribution in [-0.4, -0.2) is 10.9 Å². The molecule has 29 heavy (non-hydrogen) atoms. The molecule has 0 spiro atoms. The Hall–Kier alpha value is -2.89. The molecule has 0 radical (unpaired) electrons. The maximum atomic E-state index is 13.1. The average molecular weight is 401 g/mol. The zero-order valence-electron chi connectivity index (χ0n) is 16.1. The predicted octanol–water partition coefficient (Wildman–Crippen LogP) is 6.06. The molecule has 152 valence electrons. The summed E-state index contributed by atoms with van der Waals surface area (Å²) in [5.41, 5.74) is 1.60. The van der Waals surface area contributed by atoms with Crippen molar-refractivity contribution < 1.29 is 22.5 Å². The zero-order chi connectivity index (χ0) is 20.9. The van der Waals surface area contributed by atoms with E-state index in [4.69, 9.17) is 4.52 Å². The summed E-state index contributed by atoms with van der Waals surface area (Å²) in [4.78, 5) is 12.3. The van der Waals surface area contributed by atoms with Gasteiger partial charge in [0.1, 0.15) is 17.2 Å². The fourth-order valence-corrected chi connectivity index (χ4v) is 3.16. The van der Waals surface area contributed by atoms with E-state index in [9.17, 15) is 18.0 Å². The molecule has 2 aromatic carbocycles. The molecule has 6 heteroatoms. The summed E-state index contributed by atoms with van der Waals surface area (Å²) in [6, 6.07) is 14.4. The topological polar surface area (TPSA) is 43.1 Å². The van der Waals surface area contributed by atoms with Gasteiger partial charge < -0.3 is 4.52 Å². The van der Waals surface area contributed by atoms with Crippen molar-refractivity contribution in [2.75, 3.05) is 0 Å². The highest BCUT2D eigenvalue weighted by atomic mass is 19.4. The van der Waals surface area contributed by atoms with Gasteiger partial charge in [0.25, 0.3) is 0 Å². The molecule has 0 atom stereocenters. The number of halogens is 3. The van der Waals surface area contributed by atoms with Gasteiger partial charge in [-0.2, -0.15) is 13.2 Å². The Balaban J connectivity index is 1.64. The van der Waals surface area contributed by atoms with Gasteiger partial charge in [0, 0.05) is 30.9 Å². The third-order valence-corrected chi connectivity index (χ3v) is 4.70. The van der Waals surface area contributed by atoms with Crippen LogP contribution in [0.25, 0.3) is 11.3 Å². The molecule has 0 saturated carbocycles. The number of hydrogen-bond acceptors (Lipinski definition) is 3. The number of alkyl halides is 3. The maximum Gasteiger partial charge on any atom is 0.416 e. The number of carbonyl (C=O) groups is 1. The predicted molar refractivity (Wildman–Crippen MR) is 104 cm³/mol. The molecule has 3 nitrogen and oxygen atoms in total. The van der Waals surface area contributed by atoms with E-state index in [0.717, 1.165) is 47.9 Å². The summed E-state index contributed by atoms with van der Waals surface area (Å²) in [6.45, 7) is 2.11. The molecule has 3 aromatic rings. The Bertz CT molecular complexity index is 959. The van der Waals surface area contributed by atoms with Crippen LogP contribution < -0.4 is 0 Å². The normalized spacial score (nSPS) is 11.6. The van der Waals surface area contributed by atoms with E-state index in [2.05, 4.69) is 12.1 Å². The fourth-order valence-electron chi connectivity index (χ4n) is 3.16. The third-order valence-electron chi connectivity index (χ3n) is 4.70. The van der Waals surface area contributed by atoms with Gasteiger partial charge in [0.15, 0.2) is 0 Å². The van der Waals surface area contributed by atoms with Gasteiger partial charge in [0.05, 0.1) is 5.56 Å². The quantitative estimate of drug-likeness (QED) is 0.461. The second-order valence-electron chi connectivity index (χ2n) is 7.03. The number of nitrogens with zero attached hydrogens (tertiary/aromatic N) is 1. The van der Waals surface area contributed by atoms with Crippen LogP contribution in [0.4, 0.5) is 13.2 Å². The van der Waals surface area contributed by atoms with Gasteiger partial charge in [-0.25, -0.2) is 0 Å². The van der Waals surface area contributed by atoms with Gasteiger partial charge >= 0.3 is 6.18 Å². The fraction of sp³-hybridized carbons (Fsp3) is 0.304. The van der Waals surface area contributed by atoms with Gasteiger partial charge in [-0.15, -0.1) is 0 Å². The van der Waals surface area contributed by atoms with Crippen molar-refractivity contribution >= 4 is 5.78 Å². The van der Waals surface area contributed by atoms with Gasteiger partial charge in [0.2, 0.25) is 0 Å². The van der Waals surface area contributed by atoms with Crippen LogP contribution in [0.1, 0.15) is 42.2 Å². The molecule has 0 N–H and O–H groups in total. The van der Waals surface area contributed by atoms with Crippen LogP contribution in [-0.2, 0) is 30.2 Å². The number of aromatic nitrogens is 1. The van der Waals surface area contributed by atoms with E-state index in [0.29, 0.717) is 0 Å². The number of ketones is 1. The first-order chi connectivity index (χ1) is 13.9. The Kier molecular flexibility index (Phi) is 6.52. The molecule has 0 fully saturated rings. The molecule has 0 aliphatic carbocycles. The number of unbranched alkanes of at least 4 members (excludes halogenated alkanes) is 1.